The minimum absolute atomic E-state index is 0. The molecule has 1 rings (SSSR count). The Balaban J connectivity index is 0.00000121. The Bertz CT molecular complexity index is 296. The van der Waals surface area contributed by atoms with E-state index in [4.69, 9.17) is 6.42 Å². The minimum Gasteiger partial charge on any atom is -0.115 e. The fourth-order valence-corrected chi connectivity index (χ4v) is 0.851. The first-order valence-corrected chi connectivity index (χ1v) is 3.46. The maximum absolute atomic E-state index is 5.20. The molecule has 0 saturated carbocycles. The lowest BCUT2D eigenvalue weighted by molar-refractivity contribution is 1.56. The third-order valence-electron chi connectivity index (χ3n) is 1.54. The summed E-state index contributed by atoms with van der Waals surface area (Å²) in [7, 11) is 0. The van der Waals surface area contributed by atoms with Crippen LogP contribution in [0.5, 0.6) is 0 Å². The molecule has 0 aliphatic heterocycles. The summed E-state index contributed by atoms with van der Waals surface area (Å²) >= 11 is 0. The summed E-state index contributed by atoms with van der Waals surface area (Å²) in [6, 6.07) is 7.81. The van der Waals surface area contributed by atoms with Crippen LogP contribution in [0.1, 0.15) is 25.5 Å². The molecule has 0 fully saturated rings. The van der Waals surface area contributed by atoms with Gasteiger partial charge in [0, 0.05) is 5.56 Å². The third kappa shape index (κ3) is 2.29. The van der Waals surface area contributed by atoms with Crippen molar-refractivity contribution in [3.8, 4) is 12.3 Å². The molecule has 0 aromatic heterocycles. The van der Waals surface area contributed by atoms with E-state index in [0.29, 0.717) is 0 Å². The highest BCUT2D eigenvalue weighted by atomic mass is 14.0. The summed E-state index contributed by atoms with van der Waals surface area (Å²) in [5.41, 5.74) is 3.12. The van der Waals surface area contributed by atoms with Gasteiger partial charge in [0.25, 0.3) is 0 Å². The molecule has 0 aliphatic carbocycles. The fraction of sp³-hybridized carbons (Fsp3) is 0.167. The van der Waals surface area contributed by atoms with Gasteiger partial charge in [0.1, 0.15) is 0 Å². The zero-order valence-electron chi connectivity index (χ0n) is 6.59. The second-order valence-corrected chi connectivity index (χ2v) is 2.50. The summed E-state index contributed by atoms with van der Waals surface area (Å²) in [6.45, 7) is 5.81. The first kappa shape index (κ1) is 10.5. The summed E-state index contributed by atoms with van der Waals surface area (Å²) in [6.07, 6.45) is 5.20. The van der Waals surface area contributed by atoms with Crippen LogP contribution in [0.4, 0.5) is 0 Å². The Morgan fingerprint density at radius 3 is 2.17 bits per heavy atom. The van der Waals surface area contributed by atoms with Crippen molar-refractivity contribution in [1.29, 1.82) is 0 Å². The van der Waals surface area contributed by atoms with Crippen molar-refractivity contribution in [2.75, 3.05) is 0 Å². The predicted octanol–water partition coefficient (Wildman–Crippen LogP) is 3.34. The maximum atomic E-state index is 5.20. The van der Waals surface area contributed by atoms with E-state index in [1.807, 2.05) is 31.2 Å². The van der Waals surface area contributed by atoms with Crippen LogP contribution in [-0.2, 0) is 0 Å². The van der Waals surface area contributed by atoms with Crippen LogP contribution >= 0.6 is 0 Å². The molecule has 0 nitrogen and oxygen atoms in total. The fourth-order valence-electron chi connectivity index (χ4n) is 0.851. The number of terminal acetylenes is 1. The van der Waals surface area contributed by atoms with E-state index in [-0.39, 0.29) is 7.43 Å². The van der Waals surface area contributed by atoms with E-state index in [2.05, 4.69) is 12.5 Å². The molecule has 0 atom stereocenters. The van der Waals surface area contributed by atoms with E-state index in [1.165, 1.54) is 0 Å². The Kier molecular flexibility index (Phi) is 3.86. The van der Waals surface area contributed by atoms with Gasteiger partial charge in [0.2, 0.25) is 0 Å². The molecule has 0 heterocycles. The number of allylic oxidation sites excluding steroid dienone is 1. The zero-order chi connectivity index (χ0) is 8.27. The quantitative estimate of drug-likeness (QED) is 0.550. The lowest BCUT2D eigenvalue weighted by atomic mass is 10.1. The first-order valence-electron chi connectivity index (χ1n) is 3.46. The molecule has 0 bridgehead atoms. The third-order valence-corrected chi connectivity index (χ3v) is 1.54. The van der Waals surface area contributed by atoms with Crippen LogP contribution < -0.4 is 0 Å². The van der Waals surface area contributed by atoms with Crippen molar-refractivity contribution in [2.45, 2.75) is 14.4 Å². The molecule has 1 aromatic carbocycles. The van der Waals surface area contributed by atoms with Crippen LogP contribution in [0.15, 0.2) is 30.8 Å². The normalized spacial score (nSPS) is 8.00. The zero-order valence-corrected chi connectivity index (χ0v) is 6.59. The van der Waals surface area contributed by atoms with E-state index in [9.17, 15) is 0 Å². The molecule has 1 aromatic rings. The lowest BCUT2D eigenvalue weighted by Gasteiger charge is -1.97. The van der Waals surface area contributed by atoms with Gasteiger partial charge < -0.3 is 0 Å². The monoisotopic (exact) mass is 158 g/mol. The molecule has 0 heteroatoms. The maximum Gasteiger partial charge on any atom is 0.0243 e. The second kappa shape index (κ2) is 4.41. The number of hydrogen-bond acceptors (Lipinski definition) is 0. The minimum atomic E-state index is 0. The molecule has 0 unspecified atom stereocenters. The Morgan fingerprint density at radius 1 is 1.33 bits per heavy atom. The van der Waals surface area contributed by atoms with Crippen LogP contribution in [0.3, 0.4) is 0 Å². The largest absolute Gasteiger partial charge is 0.115 e. The van der Waals surface area contributed by atoms with Gasteiger partial charge in [0.05, 0.1) is 0 Å². The van der Waals surface area contributed by atoms with Gasteiger partial charge >= 0.3 is 0 Å². The lowest BCUT2D eigenvalue weighted by Crippen LogP contribution is -1.78. The summed E-state index contributed by atoms with van der Waals surface area (Å²) < 4.78 is 0. The van der Waals surface area contributed by atoms with E-state index in [0.717, 1.165) is 16.7 Å². The molecule has 12 heavy (non-hydrogen) atoms. The van der Waals surface area contributed by atoms with Gasteiger partial charge in [-0.1, -0.05) is 37.6 Å². The molecule has 0 radical (unpaired) electrons. The summed E-state index contributed by atoms with van der Waals surface area (Å²) in [4.78, 5) is 0. The highest BCUT2D eigenvalue weighted by Crippen LogP contribution is 2.11. The molecule has 62 valence electrons. The van der Waals surface area contributed by atoms with Crippen LogP contribution in [0.25, 0.3) is 5.57 Å². The number of rotatable bonds is 1. The van der Waals surface area contributed by atoms with Gasteiger partial charge in [-0.3, -0.25) is 0 Å². The Hall–Kier alpha value is -1.48. The van der Waals surface area contributed by atoms with Gasteiger partial charge in [-0.05, 0) is 24.6 Å². The van der Waals surface area contributed by atoms with Gasteiger partial charge in [-0.25, -0.2) is 0 Å². The van der Waals surface area contributed by atoms with Crippen molar-refractivity contribution < 1.29 is 0 Å². The SMILES string of the molecule is C.C#Cc1ccc(C(=C)C)cc1. The molecular formula is C12H14. The molecule has 0 amide bonds. The first-order chi connectivity index (χ1) is 5.24. The highest BCUT2D eigenvalue weighted by molar-refractivity contribution is 5.61. The van der Waals surface area contributed by atoms with Crippen LogP contribution in [-0.4, -0.2) is 0 Å². The van der Waals surface area contributed by atoms with Crippen LogP contribution in [0, 0.1) is 12.3 Å². The van der Waals surface area contributed by atoms with Gasteiger partial charge in [-0.15, -0.1) is 6.42 Å². The molecular weight excluding hydrogens is 144 g/mol. The summed E-state index contributed by atoms with van der Waals surface area (Å²) in [5, 5.41) is 0. The van der Waals surface area contributed by atoms with Crippen molar-refractivity contribution >= 4 is 5.57 Å². The van der Waals surface area contributed by atoms with Gasteiger partial charge in [0.15, 0.2) is 0 Å². The van der Waals surface area contributed by atoms with Crippen molar-refractivity contribution in [3.05, 3.63) is 42.0 Å². The topological polar surface area (TPSA) is 0 Å². The van der Waals surface area contributed by atoms with E-state index < -0.39 is 0 Å². The average Bonchev–Trinajstić information content (AvgIpc) is 2.05. The predicted molar refractivity (Wildman–Crippen MR) is 55.8 cm³/mol. The van der Waals surface area contributed by atoms with Crippen LogP contribution in [0.2, 0.25) is 0 Å². The Morgan fingerprint density at radius 2 is 1.83 bits per heavy atom. The number of hydrogen-bond donors (Lipinski definition) is 0. The smallest absolute Gasteiger partial charge is 0.0243 e. The van der Waals surface area contributed by atoms with Gasteiger partial charge in [-0.2, -0.15) is 0 Å². The van der Waals surface area contributed by atoms with Crippen molar-refractivity contribution in [3.63, 3.8) is 0 Å². The van der Waals surface area contributed by atoms with Crippen molar-refractivity contribution in [2.24, 2.45) is 0 Å². The average molecular weight is 158 g/mol. The second-order valence-electron chi connectivity index (χ2n) is 2.50. The molecule has 0 spiro atoms. The highest BCUT2D eigenvalue weighted by Gasteiger charge is 1.90. The molecule has 0 N–H and O–H groups in total. The van der Waals surface area contributed by atoms with E-state index in [1.54, 1.807) is 0 Å². The van der Waals surface area contributed by atoms with E-state index >= 15 is 0 Å². The molecule has 0 saturated heterocycles. The standard InChI is InChI=1S/C11H10.CH4/c1-4-10-5-7-11(8-6-10)9(2)3;/h1,5-8H,2H2,3H3;1H4. The van der Waals surface area contributed by atoms with Crippen molar-refractivity contribution in [1.82, 2.24) is 0 Å². The summed E-state index contributed by atoms with van der Waals surface area (Å²) in [5.74, 6) is 2.56. The number of benzene rings is 1. The Labute approximate surface area is 74.9 Å². The molecule has 0 aliphatic rings.